The van der Waals surface area contributed by atoms with Gasteiger partial charge in [0.05, 0.1) is 16.8 Å². The van der Waals surface area contributed by atoms with E-state index in [1.807, 2.05) is 6.92 Å². The molecule has 2 aromatic rings. The second-order valence-electron chi connectivity index (χ2n) is 6.81. The molecule has 29 heavy (non-hydrogen) atoms. The van der Waals surface area contributed by atoms with Gasteiger partial charge in [-0.3, -0.25) is 24.1 Å². The van der Waals surface area contributed by atoms with Crippen LogP contribution >= 0.6 is 0 Å². The number of fused-ring (bicyclic) bond motifs is 2. The average molecular weight is 393 g/mol. The van der Waals surface area contributed by atoms with Crippen LogP contribution in [0.2, 0.25) is 0 Å². The summed E-state index contributed by atoms with van der Waals surface area (Å²) in [7, 11) is 0. The van der Waals surface area contributed by atoms with E-state index < -0.39 is 17.7 Å². The summed E-state index contributed by atoms with van der Waals surface area (Å²) < 4.78 is 5.48. The molecule has 148 valence electrons. The molecule has 4 amide bonds. The van der Waals surface area contributed by atoms with Crippen molar-refractivity contribution in [2.24, 2.45) is 0 Å². The Morgan fingerprint density at radius 3 is 2.38 bits per heavy atom. The third-order valence-electron chi connectivity index (χ3n) is 4.81. The van der Waals surface area contributed by atoms with Gasteiger partial charge in [-0.25, -0.2) is 0 Å². The molecule has 1 N–H and O–H groups in total. The zero-order chi connectivity index (χ0) is 20.5. The number of hydrogen-bond donors (Lipinski definition) is 1. The molecule has 8 nitrogen and oxygen atoms in total. The summed E-state index contributed by atoms with van der Waals surface area (Å²) in [5.41, 5.74) is 1.71. The maximum Gasteiger partial charge on any atom is 0.265 e. The van der Waals surface area contributed by atoms with Gasteiger partial charge in [-0.1, -0.05) is 19.1 Å². The van der Waals surface area contributed by atoms with Crippen LogP contribution in [0.1, 0.15) is 34.1 Å². The summed E-state index contributed by atoms with van der Waals surface area (Å²) in [6, 6.07) is 11.5. The first kappa shape index (κ1) is 18.7. The van der Waals surface area contributed by atoms with Crippen molar-refractivity contribution in [1.82, 2.24) is 4.90 Å². The highest BCUT2D eigenvalue weighted by Crippen LogP contribution is 2.34. The Hall–Kier alpha value is -3.68. The molecule has 0 saturated heterocycles. The zero-order valence-electron chi connectivity index (χ0n) is 15.8. The SMILES string of the molecule is CCCN1C(=O)COc2cc(NC(=O)CN3C(=O)c4ccccc4C3=O)ccc21. The largest absolute Gasteiger partial charge is 0.481 e. The highest BCUT2D eigenvalue weighted by atomic mass is 16.5. The molecule has 2 aromatic carbocycles. The van der Waals surface area contributed by atoms with Crippen molar-refractivity contribution >= 4 is 35.0 Å². The van der Waals surface area contributed by atoms with E-state index in [1.165, 1.54) is 0 Å². The van der Waals surface area contributed by atoms with E-state index in [1.54, 1.807) is 47.4 Å². The van der Waals surface area contributed by atoms with Crippen molar-refractivity contribution in [1.29, 1.82) is 0 Å². The van der Waals surface area contributed by atoms with Crippen molar-refractivity contribution < 1.29 is 23.9 Å². The average Bonchev–Trinajstić information content (AvgIpc) is 2.95. The Morgan fingerprint density at radius 2 is 1.72 bits per heavy atom. The van der Waals surface area contributed by atoms with Crippen LogP contribution < -0.4 is 15.0 Å². The normalized spacial score (nSPS) is 15.1. The van der Waals surface area contributed by atoms with Crippen LogP contribution in [0.5, 0.6) is 5.75 Å². The first-order chi connectivity index (χ1) is 14.0. The number of carbonyl (C=O) groups excluding carboxylic acids is 4. The quantitative estimate of drug-likeness (QED) is 0.785. The molecule has 2 heterocycles. The Bertz CT molecular complexity index is 998. The molecule has 0 radical (unpaired) electrons. The fraction of sp³-hybridized carbons (Fsp3) is 0.238. The van der Waals surface area contributed by atoms with Crippen LogP contribution in [0, 0.1) is 0 Å². The summed E-state index contributed by atoms with van der Waals surface area (Å²) in [6.07, 6.45) is 0.809. The lowest BCUT2D eigenvalue weighted by molar-refractivity contribution is -0.121. The van der Waals surface area contributed by atoms with Crippen molar-refractivity contribution in [2.45, 2.75) is 13.3 Å². The van der Waals surface area contributed by atoms with Crippen LogP contribution in [0.15, 0.2) is 42.5 Å². The minimum atomic E-state index is -0.503. The summed E-state index contributed by atoms with van der Waals surface area (Å²) in [5.74, 6) is -1.08. The molecular weight excluding hydrogens is 374 g/mol. The van der Waals surface area contributed by atoms with Crippen molar-refractivity contribution in [3.05, 3.63) is 53.6 Å². The van der Waals surface area contributed by atoms with Gasteiger partial charge in [-0.15, -0.1) is 0 Å². The molecule has 8 heteroatoms. The monoisotopic (exact) mass is 393 g/mol. The maximum absolute atomic E-state index is 12.4. The smallest absolute Gasteiger partial charge is 0.265 e. The molecule has 0 bridgehead atoms. The minimum Gasteiger partial charge on any atom is -0.481 e. The molecule has 2 aliphatic rings. The van der Waals surface area contributed by atoms with Gasteiger partial charge in [-0.2, -0.15) is 0 Å². The summed E-state index contributed by atoms with van der Waals surface area (Å²) in [6.45, 7) is 2.13. The first-order valence-electron chi connectivity index (χ1n) is 9.32. The lowest BCUT2D eigenvalue weighted by Crippen LogP contribution is -2.39. The number of hydrogen-bond acceptors (Lipinski definition) is 5. The number of imide groups is 1. The van der Waals surface area contributed by atoms with Crippen LogP contribution in [-0.4, -0.2) is 48.2 Å². The van der Waals surface area contributed by atoms with E-state index in [4.69, 9.17) is 4.74 Å². The van der Waals surface area contributed by atoms with Gasteiger partial charge in [0.25, 0.3) is 17.7 Å². The predicted octanol–water partition coefficient (Wildman–Crippen LogP) is 2.06. The Balaban J connectivity index is 1.47. The Kier molecular flexibility index (Phi) is 4.75. The van der Waals surface area contributed by atoms with Gasteiger partial charge in [0.2, 0.25) is 5.91 Å². The second-order valence-corrected chi connectivity index (χ2v) is 6.81. The fourth-order valence-corrected chi connectivity index (χ4v) is 3.48. The Labute approximate surface area is 167 Å². The molecule has 0 unspecified atom stereocenters. The number of benzene rings is 2. The van der Waals surface area contributed by atoms with Gasteiger partial charge < -0.3 is 15.0 Å². The maximum atomic E-state index is 12.4. The predicted molar refractivity (Wildman–Crippen MR) is 105 cm³/mol. The number of amides is 4. The molecule has 0 saturated carbocycles. The molecule has 2 aliphatic heterocycles. The number of carbonyl (C=O) groups is 4. The van der Waals surface area contributed by atoms with E-state index >= 15 is 0 Å². The number of ether oxygens (including phenoxy) is 1. The van der Waals surface area contributed by atoms with Crippen LogP contribution in [0.3, 0.4) is 0 Å². The van der Waals surface area contributed by atoms with E-state index in [0.717, 1.165) is 11.3 Å². The number of nitrogens with one attached hydrogen (secondary N) is 1. The Morgan fingerprint density at radius 1 is 1.03 bits per heavy atom. The minimum absolute atomic E-state index is 0.0561. The summed E-state index contributed by atoms with van der Waals surface area (Å²) in [5, 5.41) is 2.68. The first-order valence-corrected chi connectivity index (χ1v) is 9.32. The molecule has 0 fully saturated rings. The van der Waals surface area contributed by atoms with E-state index in [0.29, 0.717) is 34.8 Å². The highest BCUT2D eigenvalue weighted by Gasteiger charge is 2.36. The number of rotatable bonds is 5. The van der Waals surface area contributed by atoms with Crippen molar-refractivity contribution in [3.63, 3.8) is 0 Å². The van der Waals surface area contributed by atoms with Gasteiger partial charge in [0.15, 0.2) is 6.61 Å². The standard InChI is InChI=1S/C21H19N3O5/c1-2-9-23-16-8-7-13(10-17(16)29-12-19(23)26)22-18(25)11-24-20(27)14-5-3-4-6-15(14)21(24)28/h3-8,10H,2,9,11-12H2,1H3,(H,22,25). The zero-order valence-corrected chi connectivity index (χ0v) is 15.8. The number of nitrogens with zero attached hydrogens (tertiary/aromatic N) is 2. The highest BCUT2D eigenvalue weighted by molar-refractivity contribution is 6.22. The topological polar surface area (TPSA) is 96.0 Å². The van der Waals surface area contributed by atoms with E-state index in [9.17, 15) is 19.2 Å². The van der Waals surface area contributed by atoms with E-state index in [-0.39, 0.29) is 19.1 Å². The molecule has 0 atom stereocenters. The molecule has 0 spiro atoms. The van der Waals surface area contributed by atoms with Crippen LogP contribution in [0.25, 0.3) is 0 Å². The molecule has 4 rings (SSSR count). The lowest BCUT2D eigenvalue weighted by Gasteiger charge is -2.29. The summed E-state index contributed by atoms with van der Waals surface area (Å²) >= 11 is 0. The van der Waals surface area contributed by atoms with Gasteiger partial charge >= 0.3 is 0 Å². The van der Waals surface area contributed by atoms with Crippen molar-refractivity contribution in [2.75, 3.05) is 29.9 Å². The third kappa shape index (κ3) is 3.33. The van der Waals surface area contributed by atoms with Crippen LogP contribution in [0.4, 0.5) is 11.4 Å². The van der Waals surface area contributed by atoms with Gasteiger partial charge in [0, 0.05) is 18.3 Å². The van der Waals surface area contributed by atoms with E-state index in [2.05, 4.69) is 5.32 Å². The third-order valence-corrected chi connectivity index (χ3v) is 4.81. The van der Waals surface area contributed by atoms with Crippen molar-refractivity contribution in [3.8, 4) is 5.75 Å². The molecular formula is C21H19N3O5. The fourth-order valence-electron chi connectivity index (χ4n) is 3.48. The lowest BCUT2D eigenvalue weighted by atomic mass is 10.1. The van der Waals surface area contributed by atoms with Gasteiger partial charge in [0.1, 0.15) is 12.3 Å². The van der Waals surface area contributed by atoms with Gasteiger partial charge in [-0.05, 0) is 30.7 Å². The number of anilines is 2. The molecule has 0 aliphatic carbocycles. The second kappa shape index (κ2) is 7.38. The summed E-state index contributed by atoms with van der Waals surface area (Å²) in [4.78, 5) is 51.8. The van der Waals surface area contributed by atoms with Crippen LogP contribution in [-0.2, 0) is 9.59 Å². The molecule has 0 aromatic heterocycles.